The third kappa shape index (κ3) is 5.17. The lowest BCUT2D eigenvalue weighted by atomic mass is 9.99. The summed E-state index contributed by atoms with van der Waals surface area (Å²) in [6.45, 7) is 3.70. The smallest absolute Gasteiger partial charge is 0.326 e. The summed E-state index contributed by atoms with van der Waals surface area (Å²) in [6.07, 6.45) is 3.68. The number of carboxylic acids is 1. The Labute approximate surface area is 127 Å². The second kappa shape index (κ2) is 7.85. The first-order chi connectivity index (χ1) is 9.43. The van der Waals surface area contributed by atoms with Crippen molar-refractivity contribution in [3.05, 3.63) is 40.4 Å². The van der Waals surface area contributed by atoms with Crippen molar-refractivity contribution >= 4 is 33.9 Å². The zero-order valence-corrected chi connectivity index (χ0v) is 13.1. The highest BCUT2D eigenvalue weighted by molar-refractivity contribution is 9.10. The zero-order chi connectivity index (χ0) is 15.1. The molecule has 1 aromatic carbocycles. The van der Waals surface area contributed by atoms with Gasteiger partial charge in [0.1, 0.15) is 6.04 Å². The summed E-state index contributed by atoms with van der Waals surface area (Å²) in [7, 11) is 0. The second-order valence-electron chi connectivity index (χ2n) is 4.60. The summed E-state index contributed by atoms with van der Waals surface area (Å²) < 4.78 is 0.920. The summed E-state index contributed by atoms with van der Waals surface area (Å²) in [5, 5.41) is 11.6. The summed E-state index contributed by atoms with van der Waals surface area (Å²) >= 11 is 3.34. The topological polar surface area (TPSA) is 66.4 Å². The summed E-state index contributed by atoms with van der Waals surface area (Å²) in [5.74, 6) is -1.53. The lowest BCUT2D eigenvalue weighted by Gasteiger charge is -2.19. The maximum atomic E-state index is 11.8. The van der Waals surface area contributed by atoms with E-state index < -0.39 is 17.9 Å². The fraction of sp³-hybridized carbons (Fsp3) is 0.333. The molecular weight excluding hydrogens is 322 g/mol. The van der Waals surface area contributed by atoms with Crippen molar-refractivity contribution in [1.29, 1.82) is 0 Å². The first-order valence-corrected chi connectivity index (χ1v) is 7.20. The number of hydrogen-bond acceptors (Lipinski definition) is 2. The molecular formula is C15H18BrNO3. The van der Waals surface area contributed by atoms with Gasteiger partial charge in [-0.05, 0) is 29.7 Å². The molecule has 0 spiro atoms. The van der Waals surface area contributed by atoms with Crippen molar-refractivity contribution in [2.75, 3.05) is 0 Å². The van der Waals surface area contributed by atoms with Crippen molar-refractivity contribution in [2.45, 2.75) is 26.3 Å². The molecule has 0 saturated carbocycles. The molecule has 0 unspecified atom stereocenters. The zero-order valence-electron chi connectivity index (χ0n) is 11.5. The van der Waals surface area contributed by atoms with Crippen LogP contribution >= 0.6 is 15.9 Å². The summed E-state index contributed by atoms with van der Waals surface area (Å²) in [6, 6.07) is 6.62. The van der Waals surface area contributed by atoms with Crippen LogP contribution in [0.2, 0.25) is 0 Å². The van der Waals surface area contributed by atoms with Crippen LogP contribution in [0.15, 0.2) is 34.8 Å². The molecule has 20 heavy (non-hydrogen) atoms. The minimum atomic E-state index is -1.01. The third-order valence-electron chi connectivity index (χ3n) is 3.05. The van der Waals surface area contributed by atoms with Gasteiger partial charge in [-0.25, -0.2) is 4.79 Å². The van der Waals surface area contributed by atoms with Gasteiger partial charge in [0, 0.05) is 10.5 Å². The number of carbonyl (C=O) groups is 2. The van der Waals surface area contributed by atoms with Gasteiger partial charge in [0.2, 0.25) is 5.91 Å². The van der Waals surface area contributed by atoms with Crippen LogP contribution in [0.25, 0.3) is 6.08 Å². The van der Waals surface area contributed by atoms with Gasteiger partial charge < -0.3 is 10.4 Å². The normalized spacial score (nSPS) is 13.9. The van der Waals surface area contributed by atoms with Crippen LogP contribution in [0, 0.1) is 5.92 Å². The highest BCUT2D eigenvalue weighted by atomic mass is 79.9. The van der Waals surface area contributed by atoms with Crippen molar-refractivity contribution in [3.63, 3.8) is 0 Å². The van der Waals surface area contributed by atoms with Crippen molar-refractivity contribution < 1.29 is 14.7 Å². The number of benzene rings is 1. The molecule has 1 aromatic rings. The van der Waals surface area contributed by atoms with Crippen LogP contribution in [0.4, 0.5) is 0 Å². The van der Waals surface area contributed by atoms with E-state index in [4.69, 9.17) is 5.11 Å². The van der Waals surface area contributed by atoms with E-state index in [-0.39, 0.29) is 5.92 Å². The van der Waals surface area contributed by atoms with Crippen LogP contribution in [0.3, 0.4) is 0 Å². The fourth-order valence-corrected chi connectivity index (χ4v) is 2.08. The quantitative estimate of drug-likeness (QED) is 0.782. The second-order valence-corrected chi connectivity index (χ2v) is 5.51. The minimum absolute atomic E-state index is 0.115. The van der Waals surface area contributed by atoms with E-state index in [0.717, 1.165) is 10.0 Å². The van der Waals surface area contributed by atoms with Crippen molar-refractivity contribution in [1.82, 2.24) is 5.32 Å². The highest BCUT2D eigenvalue weighted by Gasteiger charge is 2.24. The Morgan fingerprint density at radius 1 is 1.45 bits per heavy atom. The number of nitrogens with one attached hydrogen (secondary N) is 1. The molecule has 0 aliphatic carbocycles. The number of halogens is 1. The van der Waals surface area contributed by atoms with Crippen LogP contribution in [0.5, 0.6) is 0 Å². The van der Waals surface area contributed by atoms with E-state index in [2.05, 4.69) is 21.2 Å². The SMILES string of the molecule is CC[C@H](C)[C@H](NC(=O)/C=C/c1cccc(Br)c1)C(=O)O. The maximum absolute atomic E-state index is 11.8. The Bertz CT molecular complexity index is 514. The van der Waals surface area contributed by atoms with Gasteiger partial charge in [0.25, 0.3) is 0 Å². The molecule has 0 saturated heterocycles. The Morgan fingerprint density at radius 3 is 2.70 bits per heavy atom. The molecule has 0 aromatic heterocycles. The molecule has 0 fully saturated rings. The maximum Gasteiger partial charge on any atom is 0.326 e. The van der Waals surface area contributed by atoms with Crippen LogP contribution in [-0.2, 0) is 9.59 Å². The average Bonchev–Trinajstić information content (AvgIpc) is 2.41. The molecule has 4 nitrogen and oxygen atoms in total. The predicted octanol–water partition coefficient (Wildman–Crippen LogP) is 3.08. The van der Waals surface area contributed by atoms with Crippen molar-refractivity contribution in [2.24, 2.45) is 5.92 Å². The average molecular weight is 340 g/mol. The van der Waals surface area contributed by atoms with Gasteiger partial charge in [0.05, 0.1) is 0 Å². The molecule has 1 amide bonds. The third-order valence-corrected chi connectivity index (χ3v) is 3.55. The van der Waals surface area contributed by atoms with Gasteiger partial charge in [-0.3, -0.25) is 4.79 Å². The van der Waals surface area contributed by atoms with Crippen LogP contribution in [-0.4, -0.2) is 23.0 Å². The molecule has 108 valence electrons. The van der Waals surface area contributed by atoms with E-state index in [9.17, 15) is 9.59 Å². The van der Waals surface area contributed by atoms with E-state index in [1.807, 2.05) is 31.2 Å². The molecule has 0 aliphatic heterocycles. The number of amides is 1. The van der Waals surface area contributed by atoms with E-state index in [0.29, 0.717) is 6.42 Å². The van der Waals surface area contributed by atoms with Crippen molar-refractivity contribution in [3.8, 4) is 0 Å². The van der Waals surface area contributed by atoms with Gasteiger partial charge in [-0.15, -0.1) is 0 Å². The fourth-order valence-electron chi connectivity index (χ4n) is 1.67. The van der Waals surface area contributed by atoms with Gasteiger partial charge in [0.15, 0.2) is 0 Å². The molecule has 2 N–H and O–H groups in total. The molecule has 5 heteroatoms. The van der Waals surface area contributed by atoms with E-state index in [1.54, 1.807) is 13.0 Å². The molecule has 0 aliphatic rings. The molecule has 0 heterocycles. The number of carboxylic acid groups (broad SMARTS) is 1. The molecule has 0 bridgehead atoms. The standard InChI is InChI=1S/C15H18BrNO3/c1-3-10(2)14(15(19)20)17-13(18)8-7-11-5-4-6-12(16)9-11/h4-10,14H,3H2,1-2H3,(H,17,18)(H,19,20)/b8-7+/t10-,14-/m0/s1. The van der Waals surface area contributed by atoms with Gasteiger partial charge >= 0.3 is 5.97 Å². The van der Waals surface area contributed by atoms with Crippen LogP contribution < -0.4 is 5.32 Å². The first-order valence-electron chi connectivity index (χ1n) is 6.41. The summed E-state index contributed by atoms with van der Waals surface area (Å²) in [5.41, 5.74) is 0.866. The molecule has 0 radical (unpaired) electrons. The number of hydrogen-bond donors (Lipinski definition) is 2. The first kappa shape index (κ1) is 16.4. The van der Waals surface area contributed by atoms with E-state index in [1.165, 1.54) is 6.08 Å². The largest absolute Gasteiger partial charge is 0.480 e. The number of aliphatic carboxylic acids is 1. The Morgan fingerprint density at radius 2 is 2.15 bits per heavy atom. The van der Waals surface area contributed by atoms with Crippen LogP contribution in [0.1, 0.15) is 25.8 Å². The predicted molar refractivity (Wildman–Crippen MR) is 82.2 cm³/mol. The monoisotopic (exact) mass is 339 g/mol. The highest BCUT2D eigenvalue weighted by Crippen LogP contribution is 2.13. The Hall–Kier alpha value is -1.62. The van der Waals surface area contributed by atoms with Gasteiger partial charge in [-0.1, -0.05) is 48.3 Å². The lowest BCUT2D eigenvalue weighted by molar-refractivity contribution is -0.142. The Balaban J connectivity index is 2.68. The number of carbonyl (C=O) groups excluding carboxylic acids is 1. The molecule has 2 atom stereocenters. The number of rotatable bonds is 6. The minimum Gasteiger partial charge on any atom is -0.480 e. The lowest BCUT2D eigenvalue weighted by Crippen LogP contribution is -2.44. The molecule has 1 rings (SSSR count). The Kier molecular flexibility index (Phi) is 6.45. The van der Waals surface area contributed by atoms with Gasteiger partial charge in [-0.2, -0.15) is 0 Å². The summed E-state index contributed by atoms with van der Waals surface area (Å²) in [4.78, 5) is 22.9. The van der Waals surface area contributed by atoms with E-state index >= 15 is 0 Å².